The van der Waals surface area contributed by atoms with Crippen molar-refractivity contribution in [1.82, 2.24) is 5.32 Å². The third kappa shape index (κ3) is 15.4. The summed E-state index contributed by atoms with van der Waals surface area (Å²) in [7, 11) is 0. The second-order valence-corrected chi connectivity index (χ2v) is 7.35. The fraction of sp³-hybridized carbons (Fsp3) is 0.864. The summed E-state index contributed by atoms with van der Waals surface area (Å²) in [5, 5.41) is 22.0. The molecule has 0 spiro atoms. The highest BCUT2D eigenvalue weighted by molar-refractivity contribution is 5.76. The van der Waals surface area contributed by atoms with Crippen LogP contribution in [0.25, 0.3) is 0 Å². The summed E-state index contributed by atoms with van der Waals surface area (Å²) in [5.74, 6) is -0.121. The third-order valence-electron chi connectivity index (χ3n) is 4.74. The molecule has 0 aromatic carbocycles. The SMILES string of the molecule is CCCCCCCCCCCCC/C=C/[C@H](O)[C@H](CO)NC(=O)CCC. The molecule has 0 saturated heterocycles. The van der Waals surface area contributed by atoms with Gasteiger partial charge in [-0.3, -0.25) is 4.79 Å². The number of hydrogen-bond donors (Lipinski definition) is 3. The van der Waals surface area contributed by atoms with E-state index in [1.807, 2.05) is 13.0 Å². The number of carbonyl (C=O) groups excluding carboxylic acids is 1. The first kappa shape index (κ1) is 25.1. The van der Waals surface area contributed by atoms with Crippen LogP contribution >= 0.6 is 0 Å². The number of hydrogen-bond acceptors (Lipinski definition) is 3. The number of rotatable bonds is 18. The van der Waals surface area contributed by atoms with Gasteiger partial charge < -0.3 is 15.5 Å². The molecule has 2 atom stereocenters. The molecule has 0 aliphatic heterocycles. The van der Waals surface area contributed by atoms with Crippen LogP contribution in [0.15, 0.2) is 12.2 Å². The lowest BCUT2D eigenvalue weighted by atomic mass is 10.0. The Labute approximate surface area is 161 Å². The Kier molecular flexibility index (Phi) is 18.3. The van der Waals surface area contributed by atoms with Gasteiger partial charge in [-0.25, -0.2) is 0 Å². The summed E-state index contributed by atoms with van der Waals surface area (Å²) >= 11 is 0. The van der Waals surface area contributed by atoms with Gasteiger partial charge in [0, 0.05) is 6.42 Å². The number of nitrogens with one attached hydrogen (secondary N) is 1. The molecular formula is C22H43NO3. The van der Waals surface area contributed by atoms with E-state index in [-0.39, 0.29) is 12.5 Å². The van der Waals surface area contributed by atoms with Crippen LogP contribution in [0.4, 0.5) is 0 Å². The van der Waals surface area contributed by atoms with Crippen LogP contribution in [0.1, 0.15) is 104 Å². The quantitative estimate of drug-likeness (QED) is 0.238. The summed E-state index contributed by atoms with van der Waals surface area (Å²) in [5.41, 5.74) is 0. The molecule has 4 heteroatoms. The van der Waals surface area contributed by atoms with E-state index in [1.165, 1.54) is 64.2 Å². The molecule has 4 nitrogen and oxygen atoms in total. The van der Waals surface area contributed by atoms with Gasteiger partial charge in [0.05, 0.1) is 18.8 Å². The van der Waals surface area contributed by atoms with Crippen molar-refractivity contribution in [2.24, 2.45) is 0 Å². The van der Waals surface area contributed by atoms with Crippen molar-refractivity contribution in [3.05, 3.63) is 12.2 Å². The highest BCUT2D eigenvalue weighted by Gasteiger charge is 2.17. The van der Waals surface area contributed by atoms with Crippen molar-refractivity contribution >= 4 is 5.91 Å². The number of aliphatic hydroxyl groups excluding tert-OH is 2. The van der Waals surface area contributed by atoms with E-state index < -0.39 is 12.1 Å². The van der Waals surface area contributed by atoms with Crippen molar-refractivity contribution in [3.63, 3.8) is 0 Å². The Morgan fingerprint density at radius 3 is 1.92 bits per heavy atom. The molecule has 0 aromatic rings. The van der Waals surface area contributed by atoms with E-state index in [1.54, 1.807) is 6.08 Å². The van der Waals surface area contributed by atoms with Crippen molar-refractivity contribution in [2.75, 3.05) is 6.61 Å². The molecule has 0 saturated carbocycles. The van der Waals surface area contributed by atoms with Gasteiger partial charge in [0.25, 0.3) is 0 Å². The highest BCUT2D eigenvalue weighted by atomic mass is 16.3. The second-order valence-electron chi connectivity index (χ2n) is 7.35. The largest absolute Gasteiger partial charge is 0.394 e. The van der Waals surface area contributed by atoms with Gasteiger partial charge in [0.15, 0.2) is 0 Å². The molecular weight excluding hydrogens is 326 g/mol. The van der Waals surface area contributed by atoms with Crippen LogP contribution in [-0.4, -0.2) is 34.9 Å². The predicted molar refractivity (Wildman–Crippen MR) is 110 cm³/mol. The minimum absolute atomic E-state index is 0.121. The summed E-state index contributed by atoms with van der Waals surface area (Å²) in [6, 6.07) is -0.609. The first-order valence-corrected chi connectivity index (χ1v) is 10.9. The molecule has 0 aliphatic carbocycles. The molecule has 0 heterocycles. The maximum absolute atomic E-state index is 11.5. The molecule has 154 valence electrons. The van der Waals surface area contributed by atoms with Crippen molar-refractivity contribution in [3.8, 4) is 0 Å². The molecule has 0 bridgehead atoms. The fourth-order valence-corrected chi connectivity index (χ4v) is 3.04. The van der Waals surface area contributed by atoms with E-state index in [2.05, 4.69) is 12.2 Å². The lowest BCUT2D eigenvalue weighted by Gasteiger charge is -2.19. The Hall–Kier alpha value is -0.870. The van der Waals surface area contributed by atoms with Crippen LogP contribution in [0, 0.1) is 0 Å². The van der Waals surface area contributed by atoms with Gasteiger partial charge in [0.2, 0.25) is 5.91 Å². The standard InChI is InChI=1S/C22H43NO3/c1-3-5-6-7-8-9-10-11-12-13-14-15-16-18-21(25)20(19-24)23-22(26)17-4-2/h16,18,20-21,24-25H,3-15,17,19H2,1-2H3,(H,23,26)/b18-16+/t20-,21-/m0/s1. The fourth-order valence-electron chi connectivity index (χ4n) is 3.04. The number of aliphatic hydroxyl groups is 2. The number of carbonyl (C=O) groups is 1. The summed E-state index contributed by atoms with van der Waals surface area (Å²) in [4.78, 5) is 11.5. The zero-order chi connectivity index (χ0) is 19.5. The van der Waals surface area contributed by atoms with E-state index >= 15 is 0 Å². The van der Waals surface area contributed by atoms with Gasteiger partial charge in [-0.1, -0.05) is 90.2 Å². The molecule has 0 unspecified atom stereocenters. The van der Waals surface area contributed by atoms with Crippen molar-refractivity contribution in [1.29, 1.82) is 0 Å². The van der Waals surface area contributed by atoms with Gasteiger partial charge in [-0.15, -0.1) is 0 Å². The number of allylic oxidation sites excluding steroid dienone is 1. The minimum Gasteiger partial charge on any atom is -0.394 e. The average Bonchev–Trinajstić information content (AvgIpc) is 2.63. The van der Waals surface area contributed by atoms with Crippen LogP contribution in [0.5, 0.6) is 0 Å². The molecule has 0 radical (unpaired) electrons. The lowest BCUT2D eigenvalue weighted by Crippen LogP contribution is -2.45. The van der Waals surface area contributed by atoms with Crippen molar-refractivity contribution in [2.45, 2.75) is 116 Å². The highest BCUT2D eigenvalue weighted by Crippen LogP contribution is 2.12. The molecule has 0 fully saturated rings. The van der Waals surface area contributed by atoms with Crippen molar-refractivity contribution < 1.29 is 15.0 Å². The third-order valence-corrected chi connectivity index (χ3v) is 4.74. The normalized spacial score (nSPS) is 13.8. The first-order chi connectivity index (χ1) is 12.7. The van der Waals surface area contributed by atoms with E-state index in [4.69, 9.17) is 0 Å². The summed E-state index contributed by atoms with van der Waals surface area (Å²) in [6.45, 7) is 3.93. The summed E-state index contributed by atoms with van der Waals surface area (Å²) < 4.78 is 0. The van der Waals surface area contributed by atoms with Gasteiger partial charge >= 0.3 is 0 Å². The minimum atomic E-state index is -0.825. The first-order valence-electron chi connectivity index (χ1n) is 10.9. The lowest BCUT2D eigenvalue weighted by molar-refractivity contribution is -0.122. The molecule has 0 aromatic heterocycles. The Balaban J connectivity index is 3.59. The monoisotopic (exact) mass is 369 g/mol. The van der Waals surface area contributed by atoms with Crippen LogP contribution in [-0.2, 0) is 4.79 Å². The van der Waals surface area contributed by atoms with Gasteiger partial charge in [-0.05, 0) is 19.3 Å². The summed E-state index contributed by atoms with van der Waals surface area (Å²) in [6.07, 6.45) is 19.6. The molecule has 0 rings (SSSR count). The Morgan fingerprint density at radius 1 is 0.885 bits per heavy atom. The van der Waals surface area contributed by atoms with Crippen LogP contribution in [0.2, 0.25) is 0 Å². The van der Waals surface area contributed by atoms with Gasteiger partial charge in [-0.2, -0.15) is 0 Å². The average molecular weight is 370 g/mol. The second kappa shape index (κ2) is 18.9. The number of amides is 1. The molecule has 3 N–H and O–H groups in total. The maximum atomic E-state index is 11.5. The molecule has 26 heavy (non-hydrogen) atoms. The Bertz CT molecular complexity index is 344. The zero-order valence-corrected chi connectivity index (χ0v) is 17.2. The van der Waals surface area contributed by atoms with Crippen LogP contribution < -0.4 is 5.32 Å². The zero-order valence-electron chi connectivity index (χ0n) is 17.2. The molecule has 1 amide bonds. The van der Waals surface area contributed by atoms with E-state index in [9.17, 15) is 15.0 Å². The Morgan fingerprint density at radius 2 is 1.42 bits per heavy atom. The maximum Gasteiger partial charge on any atom is 0.220 e. The topological polar surface area (TPSA) is 69.6 Å². The predicted octanol–water partition coefficient (Wildman–Crippen LogP) is 4.88. The van der Waals surface area contributed by atoms with E-state index in [0.717, 1.165) is 19.3 Å². The van der Waals surface area contributed by atoms with Gasteiger partial charge in [0.1, 0.15) is 0 Å². The number of unbranched alkanes of at least 4 members (excludes halogenated alkanes) is 11. The van der Waals surface area contributed by atoms with E-state index in [0.29, 0.717) is 6.42 Å². The van der Waals surface area contributed by atoms with Crippen LogP contribution in [0.3, 0.4) is 0 Å². The smallest absolute Gasteiger partial charge is 0.220 e. The molecule has 0 aliphatic rings.